The van der Waals surface area contributed by atoms with E-state index in [-0.39, 0.29) is 18.4 Å². The first-order chi connectivity index (χ1) is 14.5. The topological polar surface area (TPSA) is 88.1 Å². The number of likely N-dealkylation sites (tertiary alicyclic amines) is 1. The Morgan fingerprint density at radius 3 is 2.37 bits per heavy atom. The van der Waals surface area contributed by atoms with Gasteiger partial charge in [0.1, 0.15) is 17.2 Å². The number of benzene rings is 2. The molecule has 4 rings (SSSR count). The van der Waals surface area contributed by atoms with Gasteiger partial charge in [-0.1, -0.05) is 0 Å². The fourth-order valence-electron chi connectivity index (χ4n) is 4.24. The molecule has 7 nitrogen and oxygen atoms in total. The lowest BCUT2D eigenvalue weighted by Crippen LogP contribution is -2.62. The fraction of sp³-hybridized carbons (Fsp3) is 0.391. The molecule has 2 aromatic rings. The van der Waals surface area contributed by atoms with Crippen LogP contribution in [0.5, 0.6) is 17.2 Å². The minimum atomic E-state index is -0.899. The zero-order chi connectivity index (χ0) is 21.1. The zero-order valence-corrected chi connectivity index (χ0v) is 17.0. The maximum absolute atomic E-state index is 13.0. The summed E-state index contributed by atoms with van der Waals surface area (Å²) in [6.07, 6.45) is 1.08. The molecule has 7 heteroatoms. The summed E-state index contributed by atoms with van der Waals surface area (Å²) in [5.74, 6) is 1.75. The van der Waals surface area contributed by atoms with Gasteiger partial charge in [-0.25, -0.2) is 0 Å². The van der Waals surface area contributed by atoms with E-state index >= 15 is 0 Å². The van der Waals surface area contributed by atoms with Gasteiger partial charge in [0.15, 0.2) is 0 Å². The molecule has 2 saturated heterocycles. The maximum atomic E-state index is 13.0. The Morgan fingerprint density at radius 2 is 1.73 bits per heavy atom. The van der Waals surface area contributed by atoms with Crippen molar-refractivity contribution in [2.24, 2.45) is 5.41 Å². The number of hydrogen-bond acceptors (Lipinski definition) is 5. The number of carbonyl (C=O) groups excluding carboxylic acids is 2. The summed E-state index contributed by atoms with van der Waals surface area (Å²) >= 11 is 0. The average molecular weight is 410 g/mol. The third kappa shape index (κ3) is 3.85. The molecule has 2 aromatic carbocycles. The lowest BCUT2D eigenvalue weighted by molar-refractivity contribution is -0.147. The van der Waals surface area contributed by atoms with Crippen molar-refractivity contribution in [1.82, 2.24) is 10.2 Å². The second-order valence-electron chi connectivity index (χ2n) is 7.85. The van der Waals surface area contributed by atoms with Gasteiger partial charge in [-0.3, -0.25) is 9.59 Å². The standard InChI is InChI=1S/C23H26N2O5/c1-29-17-7-9-19(10-8-17)30-18-5-3-16(4-6-18)21(27)25-14-11-20(26)23(15-25)12-2-13-24-22(23)28/h3-10,20,26H,2,11-15H2,1H3,(H,24,28)/t20-,23-/m1/s1. The summed E-state index contributed by atoms with van der Waals surface area (Å²) in [6.45, 7) is 1.29. The van der Waals surface area contributed by atoms with Crippen LogP contribution in [0.3, 0.4) is 0 Å². The fourth-order valence-corrected chi connectivity index (χ4v) is 4.24. The van der Waals surface area contributed by atoms with Crippen LogP contribution < -0.4 is 14.8 Å². The second kappa shape index (κ2) is 8.36. The van der Waals surface area contributed by atoms with E-state index in [2.05, 4.69) is 5.32 Å². The molecule has 2 fully saturated rings. The second-order valence-corrected chi connectivity index (χ2v) is 7.85. The SMILES string of the molecule is COc1ccc(Oc2ccc(C(=O)N3CC[C@@H](O)[C@@]4(CCCNC4=O)C3)cc2)cc1. The molecule has 0 saturated carbocycles. The van der Waals surface area contributed by atoms with Crippen molar-refractivity contribution in [1.29, 1.82) is 0 Å². The van der Waals surface area contributed by atoms with Gasteiger partial charge in [-0.15, -0.1) is 0 Å². The third-order valence-electron chi connectivity index (χ3n) is 6.00. The van der Waals surface area contributed by atoms with Crippen molar-refractivity contribution in [3.8, 4) is 17.2 Å². The van der Waals surface area contributed by atoms with Crippen LogP contribution in [0.1, 0.15) is 29.6 Å². The largest absolute Gasteiger partial charge is 0.497 e. The van der Waals surface area contributed by atoms with Gasteiger partial charge in [0.25, 0.3) is 5.91 Å². The lowest BCUT2D eigenvalue weighted by Gasteiger charge is -2.46. The summed E-state index contributed by atoms with van der Waals surface area (Å²) in [4.78, 5) is 27.2. The molecular formula is C23H26N2O5. The molecule has 30 heavy (non-hydrogen) atoms. The van der Waals surface area contributed by atoms with Gasteiger partial charge in [0.05, 0.1) is 18.6 Å². The number of aliphatic hydroxyl groups excluding tert-OH is 1. The van der Waals surface area contributed by atoms with Crippen molar-refractivity contribution >= 4 is 11.8 Å². The number of ether oxygens (including phenoxy) is 2. The van der Waals surface area contributed by atoms with E-state index in [1.807, 2.05) is 24.3 Å². The van der Waals surface area contributed by atoms with E-state index in [0.717, 1.165) is 12.2 Å². The smallest absolute Gasteiger partial charge is 0.253 e. The molecule has 2 aliphatic rings. The van der Waals surface area contributed by atoms with Gasteiger partial charge in [0, 0.05) is 25.2 Å². The summed E-state index contributed by atoms with van der Waals surface area (Å²) in [5, 5.41) is 13.4. The monoisotopic (exact) mass is 410 g/mol. The Bertz CT molecular complexity index is 912. The van der Waals surface area contributed by atoms with Gasteiger partial charge >= 0.3 is 0 Å². The van der Waals surface area contributed by atoms with Crippen molar-refractivity contribution in [3.63, 3.8) is 0 Å². The molecular weight excluding hydrogens is 384 g/mol. The first-order valence-corrected chi connectivity index (χ1v) is 10.2. The Hall–Kier alpha value is -3.06. The van der Waals surface area contributed by atoms with E-state index in [1.54, 1.807) is 36.3 Å². The normalized spacial score (nSPS) is 23.7. The number of carbonyl (C=O) groups is 2. The van der Waals surface area contributed by atoms with Gasteiger partial charge < -0.3 is 24.8 Å². The number of rotatable bonds is 4. The van der Waals surface area contributed by atoms with Crippen LogP contribution in [-0.2, 0) is 4.79 Å². The van der Waals surface area contributed by atoms with E-state index in [0.29, 0.717) is 43.0 Å². The molecule has 0 aliphatic carbocycles. The third-order valence-corrected chi connectivity index (χ3v) is 6.00. The van der Waals surface area contributed by atoms with Gasteiger partial charge in [0.2, 0.25) is 5.91 Å². The molecule has 2 atom stereocenters. The Balaban J connectivity index is 1.44. The average Bonchev–Trinajstić information content (AvgIpc) is 2.78. The van der Waals surface area contributed by atoms with Crippen molar-refractivity contribution in [3.05, 3.63) is 54.1 Å². The highest BCUT2D eigenvalue weighted by Crippen LogP contribution is 2.37. The van der Waals surface area contributed by atoms with Crippen LogP contribution in [0.2, 0.25) is 0 Å². The number of methoxy groups -OCH3 is 1. The quantitative estimate of drug-likeness (QED) is 0.809. The summed E-state index contributed by atoms with van der Waals surface area (Å²) in [7, 11) is 1.61. The molecule has 0 radical (unpaired) electrons. The van der Waals surface area contributed by atoms with Crippen LogP contribution in [0, 0.1) is 5.41 Å². The number of piperidine rings is 2. The maximum Gasteiger partial charge on any atom is 0.253 e. The lowest BCUT2D eigenvalue weighted by atomic mass is 9.71. The van der Waals surface area contributed by atoms with Crippen LogP contribution >= 0.6 is 0 Å². The van der Waals surface area contributed by atoms with Gasteiger partial charge in [-0.2, -0.15) is 0 Å². The number of aliphatic hydroxyl groups is 1. The summed E-state index contributed by atoms with van der Waals surface area (Å²) in [5.41, 5.74) is -0.372. The molecule has 1 spiro atoms. The number of amides is 2. The number of hydrogen-bond donors (Lipinski definition) is 2. The molecule has 158 valence electrons. The number of nitrogens with one attached hydrogen (secondary N) is 1. The molecule has 0 aromatic heterocycles. The number of nitrogens with zero attached hydrogens (tertiary/aromatic N) is 1. The van der Waals surface area contributed by atoms with Crippen molar-refractivity contribution < 1.29 is 24.2 Å². The summed E-state index contributed by atoms with van der Waals surface area (Å²) in [6, 6.07) is 14.2. The van der Waals surface area contributed by atoms with E-state index < -0.39 is 11.5 Å². The molecule has 2 aliphatic heterocycles. The van der Waals surface area contributed by atoms with Crippen LogP contribution in [0.25, 0.3) is 0 Å². The minimum Gasteiger partial charge on any atom is -0.497 e. The molecule has 0 unspecified atom stereocenters. The summed E-state index contributed by atoms with van der Waals surface area (Å²) < 4.78 is 10.9. The Kier molecular flexibility index (Phi) is 5.63. The van der Waals surface area contributed by atoms with E-state index in [1.165, 1.54) is 0 Å². The molecule has 2 heterocycles. The van der Waals surface area contributed by atoms with E-state index in [4.69, 9.17) is 9.47 Å². The predicted molar refractivity (Wildman–Crippen MR) is 111 cm³/mol. The Labute approximate surface area is 175 Å². The molecule has 0 bridgehead atoms. The molecule has 2 N–H and O–H groups in total. The Morgan fingerprint density at radius 1 is 1.10 bits per heavy atom. The van der Waals surface area contributed by atoms with Crippen LogP contribution in [-0.4, -0.2) is 54.7 Å². The van der Waals surface area contributed by atoms with Crippen LogP contribution in [0.15, 0.2) is 48.5 Å². The van der Waals surface area contributed by atoms with Crippen LogP contribution in [0.4, 0.5) is 0 Å². The van der Waals surface area contributed by atoms with Crippen molar-refractivity contribution in [2.75, 3.05) is 26.7 Å². The highest BCUT2D eigenvalue weighted by molar-refractivity contribution is 5.95. The first kappa shape index (κ1) is 20.2. The zero-order valence-electron chi connectivity index (χ0n) is 17.0. The molecule has 2 amide bonds. The van der Waals surface area contributed by atoms with Crippen molar-refractivity contribution in [2.45, 2.75) is 25.4 Å². The highest BCUT2D eigenvalue weighted by atomic mass is 16.5. The van der Waals surface area contributed by atoms with E-state index in [9.17, 15) is 14.7 Å². The highest BCUT2D eigenvalue weighted by Gasteiger charge is 2.50. The van der Waals surface area contributed by atoms with Gasteiger partial charge in [-0.05, 0) is 67.8 Å². The first-order valence-electron chi connectivity index (χ1n) is 10.2. The minimum absolute atomic E-state index is 0.143. The predicted octanol–water partition coefficient (Wildman–Crippen LogP) is 2.59.